The fourth-order valence-electron chi connectivity index (χ4n) is 3.91. The van der Waals surface area contributed by atoms with E-state index in [4.69, 9.17) is 9.47 Å². The second-order valence-corrected chi connectivity index (χ2v) is 6.92. The van der Waals surface area contributed by atoms with Crippen molar-refractivity contribution >= 4 is 23.4 Å². The molecule has 1 saturated carbocycles. The van der Waals surface area contributed by atoms with E-state index in [1.807, 2.05) is 6.92 Å². The van der Waals surface area contributed by atoms with Crippen LogP contribution in [-0.4, -0.2) is 42.9 Å². The van der Waals surface area contributed by atoms with Gasteiger partial charge >= 0.3 is 0 Å². The van der Waals surface area contributed by atoms with Crippen LogP contribution < -0.4 is 14.8 Å². The third kappa shape index (κ3) is 4.07. The number of nitrogens with one attached hydrogen (secondary N) is 1. The number of hydrogen-bond acceptors (Lipinski definition) is 5. The number of imide groups is 1. The molecule has 2 atom stereocenters. The van der Waals surface area contributed by atoms with Crippen molar-refractivity contribution < 1.29 is 23.9 Å². The fraction of sp³-hybridized carbons (Fsp3) is 0.550. The minimum absolute atomic E-state index is 0.0758. The van der Waals surface area contributed by atoms with E-state index < -0.39 is 0 Å². The summed E-state index contributed by atoms with van der Waals surface area (Å²) < 4.78 is 10.7. The van der Waals surface area contributed by atoms with Crippen LogP contribution in [0.2, 0.25) is 0 Å². The highest BCUT2D eigenvalue weighted by Crippen LogP contribution is 2.38. The number of fused-ring (bicyclic) bond motifs is 1. The van der Waals surface area contributed by atoms with Crippen LogP contribution in [0.1, 0.15) is 39.0 Å². The molecule has 0 radical (unpaired) electrons. The summed E-state index contributed by atoms with van der Waals surface area (Å²) in [6.07, 6.45) is 3.63. The Morgan fingerprint density at radius 3 is 2.41 bits per heavy atom. The molecule has 0 bridgehead atoms. The number of rotatable bonds is 7. The monoisotopic (exact) mass is 374 g/mol. The number of ether oxygens (including phenoxy) is 2. The molecule has 1 N–H and O–H groups in total. The summed E-state index contributed by atoms with van der Waals surface area (Å²) >= 11 is 0. The summed E-state index contributed by atoms with van der Waals surface area (Å²) in [6, 6.07) is 5.14. The lowest BCUT2D eigenvalue weighted by atomic mass is 9.81. The van der Waals surface area contributed by atoms with Crippen molar-refractivity contribution in [1.82, 2.24) is 4.90 Å². The Morgan fingerprint density at radius 2 is 1.81 bits per heavy atom. The van der Waals surface area contributed by atoms with Gasteiger partial charge < -0.3 is 14.8 Å². The number of benzene rings is 1. The second-order valence-electron chi connectivity index (χ2n) is 6.92. The summed E-state index contributed by atoms with van der Waals surface area (Å²) in [5.74, 6) is 0.309. The zero-order valence-electron chi connectivity index (χ0n) is 15.8. The molecule has 27 heavy (non-hydrogen) atoms. The summed E-state index contributed by atoms with van der Waals surface area (Å²) in [6.45, 7) is 2.53. The van der Waals surface area contributed by atoms with Gasteiger partial charge in [-0.15, -0.1) is 0 Å². The number of amides is 3. The van der Waals surface area contributed by atoms with Crippen molar-refractivity contribution in [3.63, 3.8) is 0 Å². The zero-order valence-corrected chi connectivity index (χ0v) is 15.8. The molecule has 1 heterocycles. The van der Waals surface area contributed by atoms with Crippen molar-refractivity contribution in [2.24, 2.45) is 11.8 Å². The van der Waals surface area contributed by atoms with Crippen LogP contribution >= 0.6 is 0 Å². The number of anilines is 1. The molecular weight excluding hydrogens is 348 g/mol. The molecular formula is C20H26N2O5. The van der Waals surface area contributed by atoms with Gasteiger partial charge in [-0.25, -0.2) is 0 Å². The van der Waals surface area contributed by atoms with Crippen LogP contribution in [0.3, 0.4) is 0 Å². The molecule has 2 fully saturated rings. The first-order valence-electron chi connectivity index (χ1n) is 9.51. The third-order valence-corrected chi connectivity index (χ3v) is 5.24. The van der Waals surface area contributed by atoms with Crippen LogP contribution in [0.15, 0.2) is 18.2 Å². The largest absolute Gasteiger partial charge is 0.493 e. The highest BCUT2D eigenvalue weighted by atomic mass is 16.5. The number of hydrogen-bond donors (Lipinski definition) is 1. The fourth-order valence-corrected chi connectivity index (χ4v) is 3.91. The maximum absolute atomic E-state index is 12.4. The molecule has 3 amide bonds. The normalized spacial score (nSPS) is 21.8. The Labute approximate surface area is 159 Å². The molecule has 1 aromatic carbocycles. The van der Waals surface area contributed by atoms with E-state index in [0.29, 0.717) is 23.8 Å². The second kappa shape index (κ2) is 8.41. The molecule has 146 valence electrons. The summed E-state index contributed by atoms with van der Waals surface area (Å²) in [4.78, 5) is 38.4. The minimum Gasteiger partial charge on any atom is -0.493 e. The smallest absolute Gasteiger partial charge is 0.233 e. The Bertz CT molecular complexity index is 709. The number of carbonyl (C=O) groups is 3. The molecule has 7 heteroatoms. The lowest BCUT2D eigenvalue weighted by Gasteiger charge is -2.19. The standard InChI is InChI=1S/C20H26N2O5/c1-3-27-16-9-8-13(12-17(16)26-2)21-18(23)10-11-22-19(24)14-6-4-5-7-15(14)20(22)25/h8-9,12,14-15H,3-7,10-11H2,1-2H3,(H,21,23)/t14-,15-/m1/s1. The number of carbonyl (C=O) groups excluding carboxylic acids is 3. The maximum atomic E-state index is 12.4. The van der Waals surface area contributed by atoms with Crippen LogP contribution in [0.4, 0.5) is 5.69 Å². The lowest BCUT2D eigenvalue weighted by Crippen LogP contribution is -2.34. The number of likely N-dealkylation sites (tertiary alicyclic amines) is 1. The molecule has 0 aromatic heterocycles. The molecule has 1 aliphatic heterocycles. The van der Waals surface area contributed by atoms with E-state index in [2.05, 4.69) is 5.32 Å². The molecule has 1 aliphatic carbocycles. The highest BCUT2D eigenvalue weighted by Gasteiger charge is 2.47. The van der Waals surface area contributed by atoms with Gasteiger partial charge in [0, 0.05) is 24.7 Å². The van der Waals surface area contributed by atoms with Gasteiger partial charge in [0.05, 0.1) is 25.6 Å². The first-order chi connectivity index (χ1) is 13.0. The van der Waals surface area contributed by atoms with E-state index in [9.17, 15) is 14.4 Å². The molecule has 3 rings (SSSR count). The van der Waals surface area contributed by atoms with Crippen LogP contribution in [0.25, 0.3) is 0 Å². The van der Waals surface area contributed by atoms with Crippen molar-refractivity contribution in [3.05, 3.63) is 18.2 Å². The van der Waals surface area contributed by atoms with E-state index in [1.165, 1.54) is 12.0 Å². The van der Waals surface area contributed by atoms with Gasteiger partial charge in [-0.05, 0) is 31.9 Å². The van der Waals surface area contributed by atoms with E-state index >= 15 is 0 Å². The van der Waals surface area contributed by atoms with Gasteiger partial charge in [-0.3, -0.25) is 19.3 Å². The summed E-state index contributed by atoms with van der Waals surface area (Å²) in [7, 11) is 1.54. The Morgan fingerprint density at radius 1 is 1.15 bits per heavy atom. The Hall–Kier alpha value is -2.57. The summed E-state index contributed by atoms with van der Waals surface area (Å²) in [5.41, 5.74) is 0.577. The van der Waals surface area contributed by atoms with Crippen molar-refractivity contribution in [2.75, 3.05) is 25.6 Å². The van der Waals surface area contributed by atoms with Gasteiger partial charge in [-0.1, -0.05) is 12.8 Å². The first kappa shape index (κ1) is 19.2. The third-order valence-electron chi connectivity index (χ3n) is 5.24. The van der Waals surface area contributed by atoms with Gasteiger partial charge in [-0.2, -0.15) is 0 Å². The minimum atomic E-state index is -0.253. The average molecular weight is 374 g/mol. The van der Waals surface area contributed by atoms with Crippen LogP contribution in [0.5, 0.6) is 11.5 Å². The molecule has 0 unspecified atom stereocenters. The van der Waals surface area contributed by atoms with Crippen molar-refractivity contribution in [3.8, 4) is 11.5 Å². The highest BCUT2D eigenvalue weighted by molar-refractivity contribution is 6.05. The number of nitrogens with zero attached hydrogens (tertiary/aromatic N) is 1. The van der Waals surface area contributed by atoms with Gasteiger partial charge in [0.2, 0.25) is 17.7 Å². The lowest BCUT2D eigenvalue weighted by molar-refractivity contribution is -0.140. The molecule has 2 aliphatic rings. The van der Waals surface area contributed by atoms with Crippen LogP contribution in [0, 0.1) is 11.8 Å². The predicted octanol–water partition coefficient (Wildman–Crippen LogP) is 2.60. The van der Waals surface area contributed by atoms with Crippen molar-refractivity contribution in [1.29, 1.82) is 0 Å². The zero-order chi connectivity index (χ0) is 19.4. The van der Waals surface area contributed by atoms with E-state index in [1.54, 1.807) is 18.2 Å². The van der Waals surface area contributed by atoms with Gasteiger partial charge in [0.25, 0.3) is 0 Å². The quantitative estimate of drug-likeness (QED) is 0.742. The Balaban J connectivity index is 1.57. The van der Waals surface area contributed by atoms with Crippen molar-refractivity contribution in [2.45, 2.75) is 39.0 Å². The topological polar surface area (TPSA) is 84.9 Å². The predicted molar refractivity (Wildman–Crippen MR) is 99.6 cm³/mol. The average Bonchev–Trinajstić information content (AvgIpc) is 2.92. The molecule has 1 aromatic rings. The number of methoxy groups -OCH3 is 1. The van der Waals surface area contributed by atoms with Gasteiger partial charge in [0.15, 0.2) is 11.5 Å². The SMILES string of the molecule is CCOc1ccc(NC(=O)CCN2C(=O)[C@@H]3CCCC[C@H]3C2=O)cc1OC. The van der Waals surface area contributed by atoms with Crippen LogP contribution in [-0.2, 0) is 14.4 Å². The Kier molecular flexibility index (Phi) is 5.98. The van der Waals surface area contributed by atoms with Gasteiger partial charge in [0.1, 0.15) is 0 Å². The maximum Gasteiger partial charge on any atom is 0.233 e. The van der Waals surface area contributed by atoms with E-state index in [0.717, 1.165) is 25.7 Å². The molecule has 1 saturated heterocycles. The van der Waals surface area contributed by atoms with E-state index in [-0.39, 0.29) is 42.5 Å². The molecule has 0 spiro atoms. The molecule has 7 nitrogen and oxygen atoms in total. The first-order valence-corrected chi connectivity index (χ1v) is 9.51. The summed E-state index contributed by atoms with van der Waals surface area (Å²) in [5, 5.41) is 2.78.